The van der Waals surface area contributed by atoms with Gasteiger partial charge in [-0.2, -0.15) is 0 Å². The zero-order valence-corrected chi connectivity index (χ0v) is 14.0. The number of ether oxygens (including phenoxy) is 1. The third-order valence-corrected chi connectivity index (χ3v) is 4.00. The average Bonchev–Trinajstić information content (AvgIpc) is 2.82. The Hall–Kier alpha value is -1.55. The second-order valence-electron chi connectivity index (χ2n) is 7.18. The lowest BCUT2D eigenvalue weighted by Crippen LogP contribution is -2.34. The number of amides is 1. The molecule has 2 atom stereocenters. The summed E-state index contributed by atoms with van der Waals surface area (Å²) in [5, 5.41) is 9.88. The van der Waals surface area contributed by atoms with Crippen molar-refractivity contribution < 1.29 is 14.6 Å². The van der Waals surface area contributed by atoms with Gasteiger partial charge in [-0.05, 0) is 57.9 Å². The molecular formula is C18H27NO3. The molecule has 1 aromatic carbocycles. The Bertz CT molecular complexity index is 504. The topological polar surface area (TPSA) is 49.8 Å². The number of aliphatic hydroxyl groups excluding tert-OH is 1. The quantitative estimate of drug-likeness (QED) is 0.930. The molecule has 4 heteroatoms. The van der Waals surface area contributed by atoms with Crippen molar-refractivity contribution in [3.63, 3.8) is 0 Å². The highest BCUT2D eigenvalue weighted by Crippen LogP contribution is 2.26. The fourth-order valence-corrected chi connectivity index (χ4v) is 2.90. The summed E-state index contributed by atoms with van der Waals surface area (Å²) in [4.78, 5) is 14.1. The molecule has 2 unspecified atom stereocenters. The molecule has 122 valence electrons. The molecule has 22 heavy (non-hydrogen) atoms. The highest BCUT2D eigenvalue weighted by molar-refractivity contribution is 5.94. The Kier molecular flexibility index (Phi) is 5.12. The highest BCUT2D eigenvalue weighted by Gasteiger charge is 2.27. The summed E-state index contributed by atoms with van der Waals surface area (Å²) in [5.74, 6) is 0.955. The van der Waals surface area contributed by atoms with E-state index in [2.05, 4.69) is 0 Å². The lowest BCUT2D eigenvalue weighted by Gasteiger charge is -2.24. The predicted octanol–water partition coefficient (Wildman–Crippen LogP) is 3.10. The van der Waals surface area contributed by atoms with Crippen LogP contribution in [0.1, 0.15) is 50.4 Å². The summed E-state index contributed by atoms with van der Waals surface area (Å²) in [6, 6.07) is 7.25. The molecule has 1 saturated carbocycles. The van der Waals surface area contributed by atoms with Gasteiger partial charge in [-0.1, -0.05) is 6.42 Å². The normalized spacial score (nSPS) is 21.7. The Labute approximate surface area is 133 Å². The Morgan fingerprint density at radius 1 is 1.27 bits per heavy atom. The van der Waals surface area contributed by atoms with Crippen molar-refractivity contribution in [1.82, 2.24) is 4.90 Å². The van der Waals surface area contributed by atoms with E-state index >= 15 is 0 Å². The number of carbonyl (C=O) groups is 1. The monoisotopic (exact) mass is 305 g/mol. The number of hydrogen-bond donors (Lipinski definition) is 1. The summed E-state index contributed by atoms with van der Waals surface area (Å²) >= 11 is 0. The summed E-state index contributed by atoms with van der Waals surface area (Å²) < 4.78 is 5.76. The molecule has 0 bridgehead atoms. The number of aliphatic hydroxyl groups is 1. The maximum absolute atomic E-state index is 12.4. The van der Waals surface area contributed by atoms with E-state index in [4.69, 9.17) is 4.74 Å². The molecule has 4 nitrogen and oxygen atoms in total. The Morgan fingerprint density at radius 3 is 2.41 bits per heavy atom. The lowest BCUT2D eigenvalue weighted by molar-refractivity contribution is 0.0693. The molecule has 0 spiro atoms. The summed E-state index contributed by atoms with van der Waals surface area (Å²) in [7, 11) is 1.80. The van der Waals surface area contributed by atoms with E-state index in [0.29, 0.717) is 12.1 Å². The van der Waals surface area contributed by atoms with E-state index in [0.717, 1.165) is 25.0 Å². The maximum atomic E-state index is 12.4. The molecule has 0 heterocycles. The molecule has 0 saturated heterocycles. The van der Waals surface area contributed by atoms with Crippen LogP contribution in [0, 0.1) is 5.92 Å². The van der Waals surface area contributed by atoms with Crippen molar-refractivity contribution in [3.8, 4) is 5.75 Å². The van der Waals surface area contributed by atoms with Gasteiger partial charge in [0.2, 0.25) is 0 Å². The van der Waals surface area contributed by atoms with Gasteiger partial charge in [-0.15, -0.1) is 0 Å². The van der Waals surface area contributed by atoms with E-state index < -0.39 is 0 Å². The molecule has 0 radical (unpaired) electrons. The minimum absolute atomic E-state index is 0.0126. The number of carbonyl (C=O) groups excluding carboxylic acids is 1. The second-order valence-corrected chi connectivity index (χ2v) is 7.18. The molecule has 1 aromatic rings. The van der Waals surface area contributed by atoms with Crippen molar-refractivity contribution in [2.75, 3.05) is 13.6 Å². The number of benzene rings is 1. The molecule has 2 rings (SSSR count). The van der Waals surface area contributed by atoms with Crippen LogP contribution < -0.4 is 4.74 Å². The fourth-order valence-electron chi connectivity index (χ4n) is 2.90. The van der Waals surface area contributed by atoms with E-state index in [-0.39, 0.29) is 23.5 Å². The van der Waals surface area contributed by atoms with Crippen LogP contribution in [0.25, 0.3) is 0 Å². The van der Waals surface area contributed by atoms with Gasteiger partial charge in [0.05, 0.1) is 6.10 Å². The zero-order chi connectivity index (χ0) is 16.3. The first-order valence-electron chi connectivity index (χ1n) is 7.99. The molecular weight excluding hydrogens is 278 g/mol. The number of rotatable bonds is 4. The molecule has 1 aliphatic rings. The maximum Gasteiger partial charge on any atom is 0.253 e. The lowest BCUT2D eigenvalue weighted by atomic mass is 10.1. The third kappa shape index (κ3) is 4.47. The van der Waals surface area contributed by atoms with Crippen LogP contribution in [-0.4, -0.2) is 41.2 Å². The Balaban J connectivity index is 1.96. The van der Waals surface area contributed by atoms with Crippen LogP contribution in [-0.2, 0) is 0 Å². The van der Waals surface area contributed by atoms with Crippen LogP contribution in [0.4, 0.5) is 0 Å². The van der Waals surface area contributed by atoms with Gasteiger partial charge in [-0.25, -0.2) is 0 Å². The minimum Gasteiger partial charge on any atom is -0.488 e. The van der Waals surface area contributed by atoms with Crippen LogP contribution in [0.5, 0.6) is 5.75 Å². The van der Waals surface area contributed by atoms with Crippen molar-refractivity contribution in [3.05, 3.63) is 29.8 Å². The van der Waals surface area contributed by atoms with Crippen molar-refractivity contribution in [2.24, 2.45) is 5.92 Å². The minimum atomic E-state index is -0.266. The van der Waals surface area contributed by atoms with Gasteiger partial charge < -0.3 is 14.7 Å². The molecule has 1 amide bonds. The standard InChI is InChI=1S/C18H27NO3/c1-18(2,3)22-15-10-8-13(9-11-15)17(21)19(4)12-14-6-5-7-16(14)20/h8-11,14,16,20H,5-7,12H2,1-4H3. The van der Waals surface area contributed by atoms with Gasteiger partial charge in [0.25, 0.3) is 5.91 Å². The predicted molar refractivity (Wildman–Crippen MR) is 87.1 cm³/mol. The molecule has 0 aliphatic heterocycles. The first kappa shape index (κ1) is 16.8. The van der Waals surface area contributed by atoms with Gasteiger partial charge in [0.1, 0.15) is 11.4 Å². The fraction of sp³-hybridized carbons (Fsp3) is 0.611. The largest absolute Gasteiger partial charge is 0.488 e. The van der Waals surface area contributed by atoms with Gasteiger partial charge >= 0.3 is 0 Å². The molecule has 0 aromatic heterocycles. The van der Waals surface area contributed by atoms with Crippen LogP contribution in [0.15, 0.2) is 24.3 Å². The molecule has 1 N–H and O–H groups in total. The zero-order valence-electron chi connectivity index (χ0n) is 14.0. The molecule has 1 fully saturated rings. The average molecular weight is 305 g/mol. The van der Waals surface area contributed by atoms with Gasteiger partial charge in [0.15, 0.2) is 0 Å². The Morgan fingerprint density at radius 2 is 1.91 bits per heavy atom. The van der Waals surface area contributed by atoms with Crippen molar-refractivity contribution >= 4 is 5.91 Å². The van der Waals surface area contributed by atoms with E-state index in [9.17, 15) is 9.90 Å². The van der Waals surface area contributed by atoms with E-state index in [1.54, 1.807) is 24.1 Å². The smallest absolute Gasteiger partial charge is 0.253 e. The van der Waals surface area contributed by atoms with Gasteiger partial charge in [0, 0.05) is 25.1 Å². The molecule has 1 aliphatic carbocycles. The summed E-state index contributed by atoms with van der Waals surface area (Å²) in [6.07, 6.45) is 2.63. The second kappa shape index (κ2) is 6.69. The van der Waals surface area contributed by atoms with E-state index in [1.807, 2.05) is 32.9 Å². The summed E-state index contributed by atoms with van der Waals surface area (Å²) in [6.45, 7) is 6.59. The first-order chi connectivity index (χ1) is 10.3. The van der Waals surface area contributed by atoms with Crippen LogP contribution in [0.2, 0.25) is 0 Å². The first-order valence-corrected chi connectivity index (χ1v) is 7.99. The SMILES string of the molecule is CN(CC1CCCC1O)C(=O)c1ccc(OC(C)(C)C)cc1. The van der Waals surface area contributed by atoms with Gasteiger partial charge in [-0.3, -0.25) is 4.79 Å². The van der Waals surface area contributed by atoms with Crippen LogP contribution >= 0.6 is 0 Å². The highest BCUT2D eigenvalue weighted by atomic mass is 16.5. The third-order valence-electron chi connectivity index (χ3n) is 4.00. The number of nitrogens with zero attached hydrogens (tertiary/aromatic N) is 1. The van der Waals surface area contributed by atoms with Crippen molar-refractivity contribution in [1.29, 1.82) is 0 Å². The van der Waals surface area contributed by atoms with E-state index in [1.165, 1.54) is 0 Å². The summed E-state index contributed by atoms with van der Waals surface area (Å²) in [5.41, 5.74) is 0.400. The van der Waals surface area contributed by atoms with Crippen molar-refractivity contribution in [2.45, 2.75) is 51.7 Å². The van der Waals surface area contributed by atoms with Crippen LogP contribution in [0.3, 0.4) is 0 Å². The number of hydrogen-bond acceptors (Lipinski definition) is 3.